The fourth-order valence-electron chi connectivity index (χ4n) is 1.23. The van der Waals surface area contributed by atoms with Gasteiger partial charge in [-0.15, -0.1) is 0 Å². The summed E-state index contributed by atoms with van der Waals surface area (Å²) in [6.07, 6.45) is 3.94. The molecule has 0 spiro atoms. The van der Waals surface area contributed by atoms with Gasteiger partial charge in [0, 0.05) is 0 Å². The molecule has 0 rings (SSSR count). The van der Waals surface area contributed by atoms with Gasteiger partial charge in [-0.1, -0.05) is 25.7 Å². The van der Waals surface area contributed by atoms with Gasteiger partial charge in [0.25, 0.3) is 0 Å². The van der Waals surface area contributed by atoms with E-state index in [1.54, 1.807) is 0 Å². The van der Waals surface area contributed by atoms with Crippen LogP contribution in [0.25, 0.3) is 0 Å². The third-order valence-corrected chi connectivity index (χ3v) is 2.90. The molecule has 0 saturated heterocycles. The maximum Gasteiger partial charge on any atom is 1.00 e. The summed E-state index contributed by atoms with van der Waals surface area (Å²) >= 11 is 0. The fourth-order valence-corrected chi connectivity index (χ4v) is 1.88. The summed E-state index contributed by atoms with van der Waals surface area (Å²) in [6.45, 7) is -0.243. The minimum Gasteiger partial charge on any atom is -0.726 e. The van der Waals surface area contributed by atoms with Crippen LogP contribution in [0.15, 0.2) is 0 Å². The van der Waals surface area contributed by atoms with Crippen molar-refractivity contribution in [2.45, 2.75) is 38.5 Å². The van der Waals surface area contributed by atoms with E-state index >= 15 is 0 Å². The van der Waals surface area contributed by atoms with Gasteiger partial charge >= 0.3 is 59.1 Å². The van der Waals surface area contributed by atoms with Crippen molar-refractivity contribution in [3.63, 3.8) is 0 Å². The van der Waals surface area contributed by atoms with Crippen molar-refractivity contribution >= 4 is 20.8 Å². The molecule has 0 aromatic heterocycles. The van der Waals surface area contributed by atoms with E-state index < -0.39 is 20.8 Å². The summed E-state index contributed by atoms with van der Waals surface area (Å²) in [6, 6.07) is 0. The molecule has 0 atom stereocenters. The van der Waals surface area contributed by atoms with Gasteiger partial charge in [0.15, 0.2) is 0 Å². The molecule has 0 fully saturated rings. The molecule has 8 nitrogen and oxygen atoms in total. The summed E-state index contributed by atoms with van der Waals surface area (Å²) in [7, 11) is -9.19. The molecule has 0 aliphatic carbocycles. The second-order valence-corrected chi connectivity index (χ2v) is 5.69. The van der Waals surface area contributed by atoms with Gasteiger partial charge in [-0.3, -0.25) is 8.37 Å². The van der Waals surface area contributed by atoms with E-state index in [0.29, 0.717) is 25.7 Å². The molecule has 0 aromatic carbocycles. The molecule has 0 aliphatic heterocycles. The molecule has 0 radical (unpaired) electrons. The third kappa shape index (κ3) is 24.7. The number of unbranched alkanes of at least 4 members (excludes halogenated alkanes) is 5. The maximum absolute atomic E-state index is 10.1. The van der Waals surface area contributed by atoms with Crippen LogP contribution in [0, 0.1) is 0 Å². The van der Waals surface area contributed by atoms with Crippen molar-refractivity contribution in [3.05, 3.63) is 0 Å². The van der Waals surface area contributed by atoms with Gasteiger partial charge < -0.3 is 9.11 Å². The molecule has 0 heterocycles. The molecule has 12 heteroatoms. The first-order valence-corrected chi connectivity index (χ1v) is 8.08. The topological polar surface area (TPSA) is 133 Å². The normalized spacial score (nSPS) is 11.5. The minimum absolute atomic E-state index is 0. The van der Waals surface area contributed by atoms with Crippen LogP contribution in [0.1, 0.15) is 38.5 Å². The first-order valence-electron chi connectivity index (χ1n) is 5.41. The van der Waals surface area contributed by atoms with Crippen LogP contribution in [0.3, 0.4) is 0 Å². The van der Waals surface area contributed by atoms with Crippen LogP contribution in [0.4, 0.5) is 0 Å². The quantitative estimate of drug-likeness (QED) is 0.156. The first kappa shape index (κ1) is 26.6. The predicted molar refractivity (Wildman–Crippen MR) is 59.0 cm³/mol. The molecule has 0 saturated carbocycles. The zero-order chi connectivity index (χ0) is 14.1. The van der Waals surface area contributed by atoms with E-state index in [1.165, 1.54) is 0 Å². The molecular weight excluding hydrogens is 334 g/mol. The van der Waals surface area contributed by atoms with Crippen molar-refractivity contribution in [2.24, 2.45) is 0 Å². The number of rotatable bonds is 11. The Morgan fingerprint density at radius 1 is 0.600 bits per heavy atom. The van der Waals surface area contributed by atoms with E-state index in [1.807, 2.05) is 0 Å². The number of hydrogen-bond acceptors (Lipinski definition) is 8. The Bertz CT molecular complexity index is 368. The smallest absolute Gasteiger partial charge is 0.726 e. The van der Waals surface area contributed by atoms with Gasteiger partial charge in [0.05, 0.1) is 13.2 Å². The Morgan fingerprint density at radius 3 is 1.10 bits per heavy atom. The van der Waals surface area contributed by atoms with Gasteiger partial charge in [-0.2, -0.15) is 0 Å². The second kappa shape index (κ2) is 14.3. The van der Waals surface area contributed by atoms with Crippen LogP contribution >= 0.6 is 0 Å². The standard InChI is InChI=1S/C8H18O8S2.2Na/c9-17(10,11)15-7-5-3-1-2-4-6-8-16-18(12,13)14;;/h1-8H2,(H,9,10,11)(H,12,13,14);;/q;2*+1/p-2. The monoisotopic (exact) mass is 350 g/mol. The van der Waals surface area contributed by atoms with Gasteiger partial charge in [-0.25, -0.2) is 16.8 Å². The van der Waals surface area contributed by atoms with Gasteiger partial charge in [-0.05, 0) is 12.8 Å². The van der Waals surface area contributed by atoms with Crippen molar-refractivity contribution < 1.29 is 93.4 Å². The largest absolute Gasteiger partial charge is 1.00 e. The Kier molecular flexibility index (Phi) is 19.1. The van der Waals surface area contributed by atoms with Crippen LogP contribution in [0.2, 0.25) is 0 Å². The van der Waals surface area contributed by atoms with Crippen LogP contribution in [0.5, 0.6) is 0 Å². The van der Waals surface area contributed by atoms with Crippen molar-refractivity contribution in [1.82, 2.24) is 0 Å². The summed E-state index contributed by atoms with van der Waals surface area (Å²) in [4.78, 5) is 0. The minimum atomic E-state index is -4.60. The molecule has 20 heavy (non-hydrogen) atoms. The molecule has 0 bridgehead atoms. The molecule has 0 aromatic rings. The van der Waals surface area contributed by atoms with Gasteiger partial charge in [0.1, 0.15) is 0 Å². The zero-order valence-electron chi connectivity index (χ0n) is 11.7. The zero-order valence-corrected chi connectivity index (χ0v) is 17.4. The summed E-state index contributed by atoms with van der Waals surface area (Å²) < 4.78 is 68.3. The maximum atomic E-state index is 10.1. The average molecular weight is 350 g/mol. The average Bonchev–Trinajstić information content (AvgIpc) is 2.17. The van der Waals surface area contributed by atoms with E-state index in [-0.39, 0.29) is 72.3 Å². The van der Waals surface area contributed by atoms with Crippen LogP contribution < -0.4 is 59.1 Å². The predicted octanol–water partition coefficient (Wildman–Crippen LogP) is -5.71. The van der Waals surface area contributed by atoms with E-state index in [2.05, 4.69) is 8.37 Å². The van der Waals surface area contributed by atoms with Crippen molar-refractivity contribution in [2.75, 3.05) is 13.2 Å². The number of hydrogen-bond donors (Lipinski definition) is 0. The van der Waals surface area contributed by atoms with E-state index in [0.717, 1.165) is 12.8 Å². The molecular formula is C8H16Na2O8S2. The Balaban J connectivity index is -0.00000144. The van der Waals surface area contributed by atoms with Crippen LogP contribution in [-0.2, 0) is 29.2 Å². The Labute approximate surface area is 164 Å². The molecule has 0 unspecified atom stereocenters. The van der Waals surface area contributed by atoms with Crippen molar-refractivity contribution in [3.8, 4) is 0 Å². The molecule has 0 N–H and O–H groups in total. The van der Waals surface area contributed by atoms with Crippen molar-refractivity contribution in [1.29, 1.82) is 0 Å². The molecule has 0 aliphatic rings. The second-order valence-electron chi connectivity index (χ2n) is 3.58. The summed E-state index contributed by atoms with van der Waals surface area (Å²) in [5.41, 5.74) is 0. The SMILES string of the molecule is O=S(=O)([O-])OCCCCCCCCOS(=O)(=O)[O-].[Na+].[Na+]. The van der Waals surface area contributed by atoms with E-state index in [4.69, 9.17) is 0 Å². The Morgan fingerprint density at radius 2 is 0.850 bits per heavy atom. The fraction of sp³-hybridized carbons (Fsp3) is 1.00. The van der Waals surface area contributed by atoms with Crippen LogP contribution in [-0.4, -0.2) is 39.2 Å². The summed E-state index contributed by atoms with van der Waals surface area (Å²) in [5, 5.41) is 0. The first-order chi connectivity index (χ1) is 8.21. The Hall–Kier alpha value is 1.74. The molecule has 0 amide bonds. The summed E-state index contributed by atoms with van der Waals surface area (Å²) in [5.74, 6) is 0. The van der Waals surface area contributed by atoms with E-state index in [9.17, 15) is 25.9 Å². The third-order valence-electron chi connectivity index (χ3n) is 1.99. The molecule has 110 valence electrons. The van der Waals surface area contributed by atoms with Gasteiger partial charge in [0.2, 0.25) is 20.8 Å².